The summed E-state index contributed by atoms with van der Waals surface area (Å²) in [5, 5.41) is 12.8. The third-order valence-electron chi connectivity index (χ3n) is 5.68. The average Bonchev–Trinajstić information content (AvgIpc) is 3.20. The number of hydrogen-bond acceptors (Lipinski definition) is 3. The minimum Gasteiger partial charge on any atom is -0.272 e. The number of carbonyl (C=O) groups excluding carboxylic acids is 2. The number of para-hydroxylation sites is 2. The van der Waals surface area contributed by atoms with Crippen LogP contribution in [0.1, 0.15) is 26.2 Å². The highest BCUT2D eigenvalue weighted by atomic mass is 16.2. The van der Waals surface area contributed by atoms with Crippen molar-refractivity contribution in [3.05, 3.63) is 60.7 Å². The van der Waals surface area contributed by atoms with E-state index in [0.717, 1.165) is 6.42 Å². The van der Waals surface area contributed by atoms with Gasteiger partial charge in [0.25, 0.3) is 11.8 Å². The van der Waals surface area contributed by atoms with Gasteiger partial charge in [-0.25, -0.2) is 10.0 Å². The standard InChI is InChI=1S/C22H21N3O2/c1-16-12-13-22(14-16,15-23)19-20(26)24(17-8-4-2-5-9-17)25(21(19)27)18-10-6-3-7-11-18/h2-11,16,19H,12-14H2,1H3/t16-,22+/m1/s1. The lowest BCUT2D eigenvalue weighted by molar-refractivity contribution is -0.130. The Morgan fingerprint density at radius 3 is 1.78 bits per heavy atom. The van der Waals surface area contributed by atoms with Gasteiger partial charge in [-0.1, -0.05) is 43.3 Å². The quantitative estimate of drug-likeness (QED) is 0.780. The molecule has 5 nitrogen and oxygen atoms in total. The van der Waals surface area contributed by atoms with Crippen molar-refractivity contribution in [2.45, 2.75) is 26.2 Å². The number of hydrogen-bond donors (Lipinski definition) is 0. The molecular weight excluding hydrogens is 338 g/mol. The predicted molar refractivity (Wildman–Crippen MR) is 102 cm³/mol. The Bertz CT molecular complexity index is 849. The fourth-order valence-electron chi connectivity index (χ4n) is 4.40. The van der Waals surface area contributed by atoms with Gasteiger partial charge in [0, 0.05) is 0 Å². The van der Waals surface area contributed by atoms with Crippen molar-refractivity contribution in [3.63, 3.8) is 0 Å². The molecule has 1 aliphatic heterocycles. The van der Waals surface area contributed by atoms with Crippen LogP contribution < -0.4 is 10.0 Å². The van der Waals surface area contributed by atoms with Crippen LogP contribution in [0.3, 0.4) is 0 Å². The van der Waals surface area contributed by atoms with Crippen molar-refractivity contribution >= 4 is 23.2 Å². The van der Waals surface area contributed by atoms with Gasteiger partial charge in [0.15, 0.2) is 0 Å². The van der Waals surface area contributed by atoms with Crippen molar-refractivity contribution in [1.82, 2.24) is 0 Å². The molecule has 1 saturated heterocycles. The maximum Gasteiger partial charge on any atom is 0.260 e. The van der Waals surface area contributed by atoms with Gasteiger partial charge in [0.1, 0.15) is 5.92 Å². The zero-order valence-electron chi connectivity index (χ0n) is 15.2. The summed E-state index contributed by atoms with van der Waals surface area (Å²) in [6, 6.07) is 20.7. The Balaban J connectivity index is 1.84. The van der Waals surface area contributed by atoms with Gasteiger partial charge in [-0.05, 0) is 49.4 Å². The lowest BCUT2D eigenvalue weighted by Crippen LogP contribution is -2.41. The Morgan fingerprint density at radius 2 is 1.41 bits per heavy atom. The van der Waals surface area contributed by atoms with Crippen LogP contribution in [0.15, 0.2) is 60.7 Å². The van der Waals surface area contributed by atoms with E-state index in [4.69, 9.17) is 0 Å². The number of amides is 2. The summed E-state index contributed by atoms with van der Waals surface area (Å²) in [5.41, 5.74) is 0.326. The summed E-state index contributed by atoms with van der Waals surface area (Å²) in [5.74, 6) is -1.26. The molecule has 0 spiro atoms. The van der Waals surface area contributed by atoms with Crippen molar-refractivity contribution in [1.29, 1.82) is 5.26 Å². The predicted octanol–water partition coefficient (Wildman–Crippen LogP) is 3.93. The molecule has 0 unspecified atom stereocenters. The Labute approximate surface area is 158 Å². The molecule has 136 valence electrons. The maximum atomic E-state index is 13.5. The van der Waals surface area contributed by atoms with E-state index in [9.17, 15) is 14.9 Å². The van der Waals surface area contributed by atoms with E-state index in [1.165, 1.54) is 10.0 Å². The third-order valence-corrected chi connectivity index (χ3v) is 5.68. The van der Waals surface area contributed by atoms with E-state index in [0.29, 0.717) is 30.1 Å². The number of nitrogens with zero attached hydrogens (tertiary/aromatic N) is 3. The lowest BCUT2D eigenvalue weighted by Gasteiger charge is -2.27. The monoisotopic (exact) mass is 359 g/mol. The summed E-state index contributed by atoms with van der Waals surface area (Å²) in [6.07, 6.45) is 2.02. The van der Waals surface area contributed by atoms with Crippen LogP contribution in [-0.4, -0.2) is 11.8 Å². The van der Waals surface area contributed by atoms with Crippen molar-refractivity contribution in [2.24, 2.45) is 17.3 Å². The first-order valence-corrected chi connectivity index (χ1v) is 9.26. The highest BCUT2D eigenvalue weighted by molar-refractivity contribution is 6.23. The molecular formula is C22H21N3O2. The molecule has 0 radical (unpaired) electrons. The summed E-state index contributed by atoms with van der Waals surface area (Å²) in [4.78, 5) is 26.9. The van der Waals surface area contributed by atoms with Gasteiger partial charge in [0.05, 0.1) is 22.9 Å². The second-order valence-corrected chi connectivity index (χ2v) is 7.52. The fourth-order valence-corrected chi connectivity index (χ4v) is 4.40. The van der Waals surface area contributed by atoms with Crippen LogP contribution in [0.25, 0.3) is 0 Å². The first kappa shape index (κ1) is 17.3. The zero-order valence-corrected chi connectivity index (χ0v) is 15.2. The van der Waals surface area contributed by atoms with E-state index in [1.807, 2.05) is 36.4 Å². The lowest BCUT2D eigenvalue weighted by atomic mass is 9.74. The van der Waals surface area contributed by atoms with Gasteiger partial charge in [0.2, 0.25) is 0 Å². The Morgan fingerprint density at radius 1 is 0.926 bits per heavy atom. The third kappa shape index (κ3) is 2.69. The molecule has 0 bridgehead atoms. The maximum absolute atomic E-state index is 13.5. The first-order chi connectivity index (χ1) is 13.1. The van der Waals surface area contributed by atoms with Gasteiger partial charge in [-0.15, -0.1) is 0 Å². The van der Waals surface area contributed by atoms with Gasteiger partial charge < -0.3 is 0 Å². The SMILES string of the molecule is C[C@@H]1CC[C@](C#N)(C2C(=O)N(c3ccccc3)N(c3ccccc3)C2=O)C1. The van der Waals surface area contributed by atoms with Gasteiger partial charge in [-0.2, -0.15) is 5.26 Å². The second-order valence-electron chi connectivity index (χ2n) is 7.52. The van der Waals surface area contributed by atoms with Crippen LogP contribution in [0.2, 0.25) is 0 Å². The normalized spacial score (nSPS) is 25.9. The minimum absolute atomic E-state index is 0.314. The number of hydrazine groups is 1. The second kappa shape index (κ2) is 6.55. The molecule has 2 aromatic carbocycles. The van der Waals surface area contributed by atoms with E-state index >= 15 is 0 Å². The smallest absolute Gasteiger partial charge is 0.260 e. The zero-order chi connectivity index (χ0) is 19.0. The molecule has 0 N–H and O–H groups in total. The first-order valence-electron chi connectivity index (χ1n) is 9.26. The molecule has 2 fully saturated rings. The molecule has 2 aromatic rings. The van der Waals surface area contributed by atoms with Crippen molar-refractivity contribution in [2.75, 3.05) is 10.0 Å². The molecule has 0 aromatic heterocycles. The van der Waals surface area contributed by atoms with Gasteiger partial charge >= 0.3 is 0 Å². The van der Waals surface area contributed by atoms with Crippen LogP contribution in [0.5, 0.6) is 0 Å². The number of anilines is 2. The van der Waals surface area contributed by atoms with E-state index in [1.54, 1.807) is 24.3 Å². The van der Waals surface area contributed by atoms with Crippen LogP contribution >= 0.6 is 0 Å². The van der Waals surface area contributed by atoms with Crippen molar-refractivity contribution < 1.29 is 9.59 Å². The summed E-state index contributed by atoms with van der Waals surface area (Å²) in [6.45, 7) is 2.08. The number of nitriles is 1. The number of rotatable bonds is 3. The molecule has 5 heteroatoms. The van der Waals surface area contributed by atoms with Gasteiger partial charge in [-0.3, -0.25) is 9.59 Å². The average molecular weight is 359 g/mol. The molecule has 1 heterocycles. The van der Waals surface area contributed by atoms with E-state index < -0.39 is 11.3 Å². The summed E-state index contributed by atoms with van der Waals surface area (Å²) >= 11 is 0. The molecule has 1 aliphatic carbocycles. The number of benzene rings is 2. The molecule has 2 atom stereocenters. The van der Waals surface area contributed by atoms with Crippen LogP contribution in [0, 0.1) is 28.6 Å². The molecule has 2 amide bonds. The summed E-state index contributed by atoms with van der Waals surface area (Å²) < 4.78 is 0. The molecule has 27 heavy (non-hydrogen) atoms. The molecule has 2 aliphatic rings. The molecule has 4 rings (SSSR count). The highest BCUT2D eigenvalue weighted by Gasteiger charge is 2.59. The number of carbonyl (C=O) groups is 2. The largest absolute Gasteiger partial charge is 0.272 e. The Kier molecular flexibility index (Phi) is 4.19. The molecule has 1 saturated carbocycles. The fraction of sp³-hybridized carbons (Fsp3) is 0.318. The summed E-state index contributed by atoms with van der Waals surface area (Å²) in [7, 11) is 0. The van der Waals surface area contributed by atoms with Crippen LogP contribution in [-0.2, 0) is 9.59 Å². The minimum atomic E-state index is -0.965. The Hall–Kier alpha value is -3.13. The van der Waals surface area contributed by atoms with Crippen molar-refractivity contribution in [3.8, 4) is 6.07 Å². The highest BCUT2D eigenvalue weighted by Crippen LogP contribution is 2.50. The topological polar surface area (TPSA) is 64.4 Å². The van der Waals surface area contributed by atoms with Crippen LogP contribution in [0.4, 0.5) is 11.4 Å². The van der Waals surface area contributed by atoms with E-state index in [-0.39, 0.29) is 11.8 Å². The van der Waals surface area contributed by atoms with E-state index in [2.05, 4.69) is 13.0 Å².